The number of rotatable bonds is 33. The van der Waals surface area contributed by atoms with Gasteiger partial charge < -0.3 is 126 Å². The van der Waals surface area contributed by atoms with E-state index in [0.29, 0.717) is 63.1 Å². The fraction of sp³-hybridized carbons (Fsp3) is 0.714. The number of carbonyl (C=O) groups is 5. The van der Waals surface area contributed by atoms with E-state index in [2.05, 4.69) is 31.9 Å². The zero-order chi connectivity index (χ0) is 73.8. The second kappa shape index (κ2) is 35.8. The number of hydrogen-bond acceptors (Lipinski definition) is 30. The van der Waals surface area contributed by atoms with Gasteiger partial charge in [0, 0.05) is 50.6 Å². The van der Waals surface area contributed by atoms with Gasteiger partial charge in [-0.25, -0.2) is 4.79 Å². The number of benzene rings is 2. The van der Waals surface area contributed by atoms with Gasteiger partial charge in [0.25, 0.3) is 36.1 Å². The van der Waals surface area contributed by atoms with E-state index < -0.39 is 246 Å². The molecule has 0 aliphatic carbocycles. The third-order valence-electron chi connectivity index (χ3n) is 16.7. The summed E-state index contributed by atoms with van der Waals surface area (Å²) in [6.45, 7) is -0.0213. The lowest BCUT2D eigenvalue weighted by Crippen LogP contribution is -2.71. The number of aliphatic hydroxyl groups excluding tert-OH is 11. The van der Waals surface area contributed by atoms with Crippen molar-refractivity contribution in [1.82, 2.24) is 26.6 Å². The van der Waals surface area contributed by atoms with E-state index in [-0.39, 0.29) is 37.0 Å². The molecule has 99 heavy (non-hydrogen) atoms. The lowest BCUT2D eigenvalue weighted by Gasteiger charge is -2.52. The molecule has 562 valence electrons. The van der Waals surface area contributed by atoms with Gasteiger partial charge in [-0.05, 0) is 56.2 Å². The molecule has 4 heterocycles. The minimum atomic E-state index is -5.38. The van der Waals surface area contributed by atoms with E-state index >= 15 is 0 Å². The van der Waals surface area contributed by atoms with Crippen LogP contribution in [0.4, 0.5) is 5.69 Å². The summed E-state index contributed by atoms with van der Waals surface area (Å²) >= 11 is 5.18. The first-order chi connectivity index (χ1) is 46.3. The number of carbonyl (C=O) groups excluding carboxylic acids is 4. The van der Waals surface area contributed by atoms with E-state index in [9.17, 15) is 124 Å². The highest BCUT2D eigenvalue weighted by molar-refractivity contribution is 7.87. The lowest BCUT2D eigenvalue weighted by molar-refractivity contribution is -0.385. The molecule has 4 fully saturated rings. The average molecular weight is 1500 g/mol. The SMILES string of the molecule is CC(=O)NC1C(CCCCCCCCCC(=O)NCCNC(=S)NCC(=O)Nc2ccc(S(=O)(=O)O)c3cc(S(=O)(=O)O)cc(S(=O)(=O)O)c23)OC(CO)C(OC2OC(CO)C(O)C(OC3(C(=O)O)CC(O)C(NC(C)=O)C([C@H](O)[C@H](O)CO)O3)C2O)C1OC1OC(C)C(O)C(O)C1O. The van der Waals surface area contributed by atoms with Gasteiger partial charge in [0.1, 0.15) is 89.1 Å². The molecule has 2 aromatic carbocycles. The largest absolute Gasteiger partial charge is 0.477 e. The third kappa shape index (κ3) is 21.4. The minimum Gasteiger partial charge on any atom is -0.477 e. The van der Waals surface area contributed by atoms with Gasteiger partial charge in [-0.2, -0.15) is 25.3 Å². The Kier molecular flexibility index (Phi) is 29.9. The number of thiocarbonyl (C=S) groups is 1. The van der Waals surface area contributed by atoms with Crippen LogP contribution in [0.5, 0.6) is 0 Å². The Morgan fingerprint density at radius 1 is 0.646 bits per heavy atom. The van der Waals surface area contributed by atoms with Crippen LogP contribution in [0.25, 0.3) is 10.8 Å². The van der Waals surface area contributed by atoms with Crippen LogP contribution in [-0.2, 0) is 87.5 Å². The van der Waals surface area contributed by atoms with Crippen molar-refractivity contribution in [2.24, 2.45) is 0 Å². The number of ether oxygens (including phenoxy) is 7. The summed E-state index contributed by atoms with van der Waals surface area (Å²) in [7, 11) is -15.8. The summed E-state index contributed by atoms with van der Waals surface area (Å²) in [5.41, 5.74) is -0.465. The summed E-state index contributed by atoms with van der Waals surface area (Å²) in [5.74, 6) is -7.90. The number of carboxylic acid groups (broad SMARTS) is 1. The highest BCUT2D eigenvalue weighted by Gasteiger charge is 2.61. The van der Waals surface area contributed by atoms with Crippen LogP contribution in [0, 0.1) is 0 Å². The molecular weight excluding hydrogens is 1410 g/mol. The van der Waals surface area contributed by atoms with E-state index in [0.717, 1.165) is 19.9 Å². The van der Waals surface area contributed by atoms with Crippen molar-refractivity contribution in [1.29, 1.82) is 0 Å². The summed E-state index contributed by atoms with van der Waals surface area (Å²) in [5, 5.41) is 144. The number of carboxylic acids is 1. The van der Waals surface area contributed by atoms with Crippen LogP contribution in [-0.4, -0.2) is 302 Å². The Morgan fingerprint density at radius 3 is 1.82 bits per heavy atom. The zero-order valence-corrected chi connectivity index (χ0v) is 56.6. The predicted octanol–water partition coefficient (Wildman–Crippen LogP) is -6.55. The van der Waals surface area contributed by atoms with Gasteiger partial charge in [0.2, 0.25) is 23.6 Å². The normalized spacial score (nSPS) is 31.3. The Labute approximate surface area is 572 Å². The van der Waals surface area contributed by atoms with Gasteiger partial charge >= 0.3 is 5.97 Å². The van der Waals surface area contributed by atoms with Crippen molar-refractivity contribution < 1.29 is 157 Å². The number of anilines is 1. The summed E-state index contributed by atoms with van der Waals surface area (Å²) in [6, 6.07) is -0.571. The first-order valence-corrected chi connectivity index (χ1v) is 35.8. The number of aliphatic carboxylic acids is 1. The Balaban J connectivity index is 1.02. The van der Waals surface area contributed by atoms with Crippen molar-refractivity contribution in [3.05, 3.63) is 24.3 Å². The van der Waals surface area contributed by atoms with Gasteiger partial charge in [-0.1, -0.05) is 38.5 Å². The first kappa shape index (κ1) is 82.7. The molecule has 4 aliphatic rings. The number of hydrogen-bond donors (Lipinski definition) is 21. The Morgan fingerprint density at radius 2 is 1.23 bits per heavy atom. The van der Waals surface area contributed by atoms with Crippen LogP contribution in [0.15, 0.2) is 39.0 Å². The van der Waals surface area contributed by atoms with Crippen LogP contribution >= 0.6 is 12.2 Å². The number of nitrogens with one attached hydrogen (secondary N) is 6. The van der Waals surface area contributed by atoms with Gasteiger partial charge in [0.15, 0.2) is 17.7 Å². The monoisotopic (exact) mass is 1500 g/mol. The lowest BCUT2D eigenvalue weighted by atomic mass is 9.88. The maximum atomic E-state index is 13.2. The van der Waals surface area contributed by atoms with Crippen LogP contribution < -0.4 is 31.9 Å². The van der Waals surface area contributed by atoms with Crippen molar-refractivity contribution in [3.63, 3.8) is 0 Å². The molecule has 6 rings (SSSR count). The van der Waals surface area contributed by atoms with Crippen LogP contribution in [0.3, 0.4) is 0 Å². The number of amides is 4. The van der Waals surface area contributed by atoms with E-state index in [1.165, 1.54) is 6.92 Å². The molecule has 39 nitrogen and oxygen atoms in total. The third-order valence-corrected chi connectivity index (χ3v) is 19.7. The molecule has 0 radical (unpaired) electrons. The molecule has 0 bridgehead atoms. The highest BCUT2D eigenvalue weighted by Crippen LogP contribution is 2.41. The molecule has 4 aliphatic heterocycles. The molecule has 0 saturated carbocycles. The smallest absolute Gasteiger partial charge is 0.364 e. The summed E-state index contributed by atoms with van der Waals surface area (Å²) < 4.78 is 144. The van der Waals surface area contributed by atoms with Crippen molar-refractivity contribution in [2.75, 3.05) is 44.8 Å². The molecular formula is C56H86N6O33S4. The minimum absolute atomic E-state index is 0.0806. The first-order valence-electron chi connectivity index (χ1n) is 31.1. The molecule has 0 spiro atoms. The predicted molar refractivity (Wildman–Crippen MR) is 336 cm³/mol. The van der Waals surface area contributed by atoms with Gasteiger partial charge in [0.05, 0.1) is 67.3 Å². The van der Waals surface area contributed by atoms with Crippen molar-refractivity contribution >= 4 is 93.7 Å². The summed E-state index contributed by atoms with van der Waals surface area (Å²) in [6.07, 6.45) is -29.9. The number of fused-ring (bicyclic) bond motifs is 1. The fourth-order valence-electron chi connectivity index (χ4n) is 11.8. The molecule has 43 heteroatoms. The molecule has 4 amide bonds. The maximum absolute atomic E-state index is 13.2. The molecule has 21 atom stereocenters. The summed E-state index contributed by atoms with van der Waals surface area (Å²) in [4.78, 5) is 60.5. The number of aliphatic hydroxyl groups is 11. The Bertz CT molecular complexity index is 3490. The van der Waals surface area contributed by atoms with E-state index in [1.54, 1.807) is 0 Å². The van der Waals surface area contributed by atoms with Gasteiger partial charge in [-0.3, -0.25) is 32.8 Å². The second-order valence-electron chi connectivity index (χ2n) is 24.1. The molecule has 0 aromatic heterocycles. The van der Waals surface area contributed by atoms with Crippen LogP contribution in [0.2, 0.25) is 0 Å². The second-order valence-corrected chi connectivity index (χ2v) is 28.7. The van der Waals surface area contributed by atoms with Gasteiger partial charge in [-0.15, -0.1) is 0 Å². The maximum Gasteiger partial charge on any atom is 0.364 e. The van der Waals surface area contributed by atoms with E-state index in [4.69, 9.17) is 45.4 Å². The van der Waals surface area contributed by atoms with Crippen molar-refractivity contribution in [2.45, 2.75) is 228 Å². The Hall–Kier alpha value is -5.25. The molecule has 4 saturated heterocycles. The zero-order valence-electron chi connectivity index (χ0n) is 53.4. The quantitative estimate of drug-likeness (QED) is 0.0179. The number of unbranched alkanes of at least 4 members (excludes halogenated alkanes) is 6. The van der Waals surface area contributed by atoms with Crippen LogP contribution in [0.1, 0.15) is 85.0 Å². The molecule has 2 aromatic rings. The fourth-order valence-corrected chi connectivity index (χ4v) is 14.0. The average Bonchev–Trinajstić information content (AvgIpc) is 0.760. The molecule has 21 N–H and O–H groups in total. The van der Waals surface area contributed by atoms with Crippen molar-refractivity contribution in [3.8, 4) is 0 Å². The molecule has 19 unspecified atom stereocenters. The topological polar surface area (TPSA) is 628 Å². The van der Waals surface area contributed by atoms with E-state index in [1.807, 2.05) is 0 Å². The highest BCUT2D eigenvalue weighted by atomic mass is 32.2. The standard InChI is InChI=1S/C56H86N6O33S4/c1-24-42(72)45(75)46(76)52(89-24)93-50-41(61-26(3)67)32(90-34(23-65)48(50)92-53-47(77)51(44(74)33(22-64)91-53)95-56(54(78)79)19-30(68)40(60-25(2)66)49(94-56)43(73)31(69)21-63)11-9-7-5-4-6-8-10-12-37(70)57-15-16-58-55(96)59-20-38(71)62-29-13-14-35(98(83,84)85)28-17-27(97(80,81)82)18-36(39(28)29)99(86,87)88/h13-14,17-18,24,30-34,40-53,63-65,68-69,72-77H,4-12,15-16,19-23H2,1-3H3,(H,57,70)(H,60,66)(H,61,67)(H,62,71)(H,78,79)(H2,58,59,96)(H,80,81,82)(H,83,84,85)(H,86,87,88)/t24?,30?,31-,32?,33?,34?,40?,41?,42?,43-,44?,45?,46?,47?,48?,49?,50?,51?,52?,53?,56?/m1/s1.